The highest BCUT2D eigenvalue weighted by Gasteiger charge is 2.33. The van der Waals surface area contributed by atoms with Crippen LogP contribution >= 0.6 is 0 Å². The molecular formula is C33H36FN7O3. The standard InChI is InChI=1S/C33H36FN7O3/c1-23-3-4-26(34)15-28(23)30(42)17-33(2)5-7-40(8-6-33)32-36-19-25(20-37-32)29-16-27(22-41-31(29)24(18-35)21-38-41)44-14-11-39-9-12-43-13-10-39/h3-4,15-16,19-22H,5-14,17H2,1-2H3. The number of aromatic nitrogens is 4. The van der Waals surface area contributed by atoms with Gasteiger partial charge in [0.2, 0.25) is 5.95 Å². The van der Waals surface area contributed by atoms with Crippen LogP contribution in [-0.4, -0.2) is 82.8 Å². The predicted octanol–water partition coefficient (Wildman–Crippen LogP) is 4.70. The number of hydrogen-bond acceptors (Lipinski definition) is 9. The van der Waals surface area contributed by atoms with Gasteiger partial charge in [0, 0.05) is 68.2 Å². The van der Waals surface area contributed by atoms with E-state index >= 15 is 0 Å². The van der Waals surface area contributed by atoms with E-state index in [1.54, 1.807) is 35.4 Å². The molecule has 0 atom stereocenters. The molecule has 2 saturated heterocycles. The van der Waals surface area contributed by atoms with Gasteiger partial charge in [-0.2, -0.15) is 10.4 Å². The number of Topliss-reactive ketones (excluding diaryl/α,β-unsaturated/α-hetero) is 1. The number of nitrogens with zero attached hydrogens (tertiary/aromatic N) is 7. The van der Waals surface area contributed by atoms with E-state index < -0.39 is 0 Å². The Morgan fingerprint density at radius 3 is 2.59 bits per heavy atom. The Bertz CT molecular complexity index is 1680. The van der Waals surface area contributed by atoms with Gasteiger partial charge in [0.15, 0.2) is 5.78 Å². The maximum atomic E-state index is 13.8. The molecule has 1 aromatic carbocycles. The van der Waals surface area contributed by atoms with Gasteiger partial charge < -0.3 is 14.4 Å². The third-order valence-corrected chi connectivity index (χ3v) is 8.78. The average molecular weight is 598 g/mol. The maximum Gasteiger partial charge on any atom is 0.225 e. The molecule has 0 aliphatic carbocycles. The number of aryl methyl sites for hydroxylation is 1. The lowest BCUT2D eigenvalue weighted by atomic mass is 9.75. The van der Waals surface area contributed by atoms with Crippen LogP contribution in [0.15, 0.2) is 49.1 Å². The van der Waals surface area contributed by atoms with E-state index in [0.717, 1.165) is 62.4 Å². The molecule has 5 heterocycles. The van der Waals surface area contributed by atoms with Gasteiger partial charge in [-0.3, -0.25) is 9.69 Å². The first kappa shape index (κ1) is 29.7. The second-order valence-corrected chi connectivity index (χ2v) is 12.0. The summed E-state index contributed by atoms with van der Waals surface area (Å²) in [6.45, 7) is 9.97. The molecule has 0 N–H and O–H groups in total. The van der Waals surface area contributed by atoms with Crippen LogP contribution in [0.2, 0.25) is 0 Å². The van der Waals surface area contributed by atoms with Gasteiger partial charge in [-0.1, -0.05) is 13.0 Å². The molecule has 2 fully saturated rings. The van der Waals surface area contributed by atoms with Crippen LogP contribution < -0.4 is 9.64 Å². The minimum atomic E-state index is -0.389. The molecule has 2 aliphatic rings. The Morgan fingerprint density at radius 1 is 1.11 bits per heavy atom. The van der Waals surface area contributed by atoms with Gasteiger partial charge in [0.25, 0.3) is 0 Å². The van der Waals surface area contributed by atoms with Crippen molar-refractivity contribution in [1.82, 2.24) is 24.5 Å². The summed E-state index contributed by atoms with van der Waals surface area (Å²) in [7, 11) is 0. The molecule has 0 bridgehead atoms. The van der Waals surface area contributed by atoms with Crippen LogP contribution in [0.25, 0.3) is 16.6 Å². The normalized spacial score (nSPS) is 17.0. The van der Waals surface area contributed by atoms with Crippen LogP contribution in [-0.2, 0) is 4.74 Å². The van der Waals surface area contributed by atoms with Crippen molar-refractivity contribution in [1.29, 1.82) is 5.26 Å². The molecule has 0 spiro atoms. The lowest BCUT2D eigenvalue weighted by Gasteiger charge is -2.39. The number of hydrogen-bond donors (Lipinski definition) is 0. The van der Waals surface area contributed by atoms with E-state index in [-0.39, 0.29) is 17.0 Å². The van der Waals surface area contributed by atoms with E-state index in [2.05, 4.69) is 27.9 Å². The Hall–Kier alpha value is -4.40. The van der Waals surface area contributed by atoms with Gasteiger partial charge >= 0.3 is 0 Å². The van der Waals surface area contributed by atoms with Gasteiger partial charge in [-0.25, -0.2) is 18.9 Å². The second kappa shape index (κ2) is 12.7. The van der Waals surface area contributed by atoms with E-state index in [1.165, 1.54) is 12.1 Å². The number of carbonyl (C=O) groups is 1. The first-order valence-corrected chi connectivity index (χ1v) is 15.0. The number of ketones is 1. The zero-order valence-electron chi connectivity index (χ0n) is 25.1. The summed E-state index contributed by atoms with van der Waals surface area (Å²) in [6.07, 6.45) is 8.85. The number of anilines is 1. The lowest BCUT2D eigenvalue weighted by Crippen LogP contribution is -2.40. The lowest BCUT2D eigenvalue weighted by molar-refractivity contribution is 0.0322. The van der Waals surface area contributed by atoms with Crippen LogP contribution in [0.1, 0.15) is 47.7 Å². The second-order valence-electron chi connectivity index (χ2n) is 12.0. The molecule has 0 amide bonds. The highest BCUT2D eigenvalue weighted by molar-refractivity contribution is 5.97. The fourth-order valence-corrected chi connectivity index (χ4v) is 6.02. The predicted molar refractivity (Wildman–Crippen MR) is 163 cm³/mol. The first-order chi connectivity index (χ1) is 21.3. The van der Waals surface area contributed by atoms with Crippen molar-refractivity contribution < 1.29 is 18.7 Å². The van der Waals surface area contributed by atoms with Crippen molar-refractivity contribution in [3.05, 3.63) is 71.6 Å². The number of rotatable bonds is 9. The van der Waals surface area contributed by atoms with Crippen molar-refractivity contribution in [2.45, 2.75) is 33.1 Å². The molecule has 228 valence electrons. The number of pyridine rings is 1. The molecule has 2 aliphatic heterocycles. The van der Waals surface area contributed by atoms with Crippen molar-refractivity contribution in [2.75, 3.05) is 57.4 Å². The van der Waals surface area contributed by atoms with E-state index in [9.17, 15) is 14.4 Å². The zero-order valence-corrected chi connectivity index (χ0v) is 25.1. The molecule has 0 saturated carbocycles. The fraction of sp³-hybridized carbons (Fsp3) is 0.424. The molecule has 0 radical (unpaired) electrons. The number of nitriles is 1. The van der Waals surface area contributed by atoms with E-state index in [1.807, 2.05) is 13.0 Å². The van der Waals surface area contributed by atoms with Crippen molar-refractivity contribution in [3.63, 3.8) is 0 Å². The number of halogens is 1. The van der Waals surface area contributed by atoms with Crippen LogP contribution in [0, 0.1) is 29.5 Å². The summed E-state index contributed by atoms with van der Waals surface area (Å²) in [4.78, 5) is 26.9. The number of benzene rings is 1. The van der Waals surface area contributed by atoms with Gasteiger partial charge in [0.1, 0.15) is 24.2 Å². The molecule has 3 aromatic heterocycles. The summed E-state index contributed by atoms with van der Waals surface area (Å²) in [5, 5.41) is 14.1. The van der Waals surface area contributed by atoms with Gasteiger partial charge in [0.05, 0.1) is 36.7 Å². The highest BCUT2D eigenvalue weighted by Crippen LogP contribution is 2.37. The maximum absolute atomic E-state index is 13.8. The smallest absolute Gasteiger partial charge is 0.225 e. The van der Waals surface area contributed by atoms with Crippen molar-refractivity contribution >= 4 is 17.2 Å². The van der Waals surface area contributed by atoms with Crippen LogP contribution in [0.5, 0.6) is 5.75 Å². The Morgan fingerprint density at radius 2 is 1.86 bits per heavy atom. The Labute approximate surface area is 256 Å². The zero-order chi connectivity index (χ0) is 30.7. The van der Waals surface area contributed by atoms with Gasteiger partial charge in [-0.05, 0) is 48.9 Å². The van der Waals surface area contributed by atoms with Gasteiger partial charge in [-0.15, -0.1) is 0 Å². The summed E-state index contributed by atoms with van der Waals surface area (Å²) < 4.78 is 27.0. The quantitative estimate of drug-likeness (QED) is 0.254. The summed E-state index contributed by atoms with van der Waals surface area (Å²) in [5.41, 5.74) is 3.74. The van der Waals surface area contributed by atoms with Crippen molar-refractivity contribution in [2.24, 2.45) is 5.41 Å². The number of morpholine rings is 1. The van der Waals surface area contributed by atoms with Crippen LogP contribution in [0.3, 0.4) is 0 Å². The molecule has 4 aromatic rings. The largest absolute Gasteiger partial charge is 0.491 e. The van der Waals surface area contributed by atoms with Crippen LogP contribution in [0.4, 0.5) is 10.3 Å². The molecule has 0 unspecified atom stereocenters. The third-order valence-electron chi connectivity index (χ3n) is 8.78. The summed E-state index contributed by atoms with van der Waals surface area (Å²) >= 11 is 0. The summed E-state index contributed by atoms with van der Waals surface area (Å²) in [5.74, 6) is 0.857. The Kier molecular flexibility index (Phi) is 8.55. The molecule has 6 rings (SSSR count). The topological polar surface area (TPSA) is 109 Å². The number of fused-ring (bicyclic) bond motifs is 1. The Balaban J connectivity index is 1.14. The molecular weight excluding hydrogens is 561 g/mol. The number of piperidine rings is 1. The third kappa shape index (κ3) is 6.42. The SMILES string of the molecule is Cc1ccc(F)cc1C(=O)CC1(C)CCN(c2ncc(-c3cc(OCCN4CCOCC4)cn4ncc(C#N)c34)cn2)CC1. The molecule has 10 nitrogen and oxygen atoms in total. The minimum Gasteiger partial charge on any atom is -0.491 e. The van der Waals surface area contributed by atoms with E-state index in [4.69, 9.17) is 19.4 Å². The van der Waals surface area contributed by atoms with E-state index in [0.29, 0.717) is 54.5 Å². The number of ether oxygens (including phenoxy) is 2. The summed E-state index contributed by atoms with van der Waals surface area (Å²) in [6, 6.07) is 8.53. The van der Waals surface area contributed by atoms with Crippen molar-refractivity contribution in [3.8, 4) is 22.9 Å². The monoisotopic (exact) mass is 597 g/mol. The fourth-order valence-electron chi connectivity index (χ4n) is 6.02. The minimum absolute atomic E-state index is 0.0196. The molecule has 44 heavy (non-hydrogen) atoms. The number of carbonyl (C=O) groups excluding carboxylic acids is 1. The highest BCUT2D eigenvalue weighted by atomic mass is 19.1. The average Bonchev–Trinajstić information content (AvgIpc) is 3.46. The first-order valence-electron chi connectivity index (χ1n) is 15.0. The molecule has 11 heteroatoms.